The number of anilines is 3. The quantitative estimate of drug-likeness (QED) is 0.706. The summed E-state index contributed by atoms with van der Waals surface area (Å²) in [6.45, 7) is 5.12. The Balaban J connectivity index is 1.26. The average Bonchev–Trinajstić information content (AvgIpc) is 2.79. The summed E-state index contributed by atoms with van der Waals surface area (Å²) in [6, 6.07) is 7.56. The van der Waals surface area contributed by atoms with E-state index in [4.69, 9.17) is 0 Å². The van der Waals surface area contributed by atoms with E-state index in [2.05, 4.69) is 37.6 Å². The molecule has 32 heavy (non-hydrogen) atoms. The molecule has 1 fully saturated rings. The minimum absolute atomic E-state index is 0.0502. The molecular formula is C23H27FN6O2. The van der Waals surface area contributed by atoms with Crippen LogP contribution < -0.4 is 20.4 Å². The van der Waals surface area contributed by atoms with E-state index in [0.717, 1.165) is 44.7 Å². The van der Waals surface area contributed by atoms with Crippen LogP contribution in [0.2, 0.25) is 0 Å². The molecule has 9 heteroatoms. The highest BCUT2D eigenvalue weighted by molar-refractivity contribution is 6.02. The van der Waals surface area contributed by atoms with Crippen LogP contribution in [0.1, 0.15) is 28.0 Å². The van der Waals surface area contributed by atoms with Crippen LogP contribution in [0, 0.1) is 5.95 Å². The molecule has 2 aromatic rings. The van der Waals surface area contributed by atoms with E-state index in [0.29, 0.717) is 25.3 Å². The second-order valence-corrected chi connectivity index (χ2v) is 8.57. The number of aromatic nitrogens is 1. The van der Waals surface area contributed by atoms with Crippen molar-refractivity contribution in [3.8, 4) is 0 Å². The van der Waals surface area contributed by atoms with E-state index in [1.54, 1.807) is 12.1 Å². The molecule has 1 saturated heterocycles. The van der Waals surface area contributed by atoms with Crippen molar-refractivity contribution in [3.63, 3.8) is 0 Å². The Morgan fingerprint density at radius 2 is 1.97 bits per heavy atom. The lowest BCUT2D eigenvalue weighted by Crippen LogP contribution is -2.46. The molecule has 2 N–H and O–H groups in total. The number of rotatable bonds is 4. The number of benzene rings is 1. The molecule has 5 rings (SSSR count). The van der Waals surface area contributed by atoms with Crippen molar-refractivity contribution < 1.29 is 14.0 Å². The first-order valence-corrected chi connectivity index (χ1v) is 11.1. The first-order valence-electron chi connectivity index (χ1n) is 11.1. The Kier molecular flexibility index (Phi) is 5.42. The fraction of sp³-hybridized carbons (Fsp3) is 0.435. The first-order chi connectivity index (χ1) is 15.5. The summed E-state index contributed by atoms with van der Waals surface area (Å²) in [7, 11) is 1.50. The van der Waals surface area contributed by atoms with Crippen LogP contribution in [-0.4, -0.2) is 68.0 Å². The lowest BCUT2D eigenvalue weighted by atomic mass is 9.96. The van der Waals surface area contributed by atoms with Gasteiger partial charge in [0.1, 0.15) is 5.69 Å². The van der Waals surface area contributed by atoms with Gasteiger partial charge in [0, 0.05) is 46.3 Å². The Bertz CT molecular complexity index is 1070. The molecule has 8 nitrogen and oxygen atoms in total. The number of pyridine rings is 1. The van der Waals surface area contributed by atoms with Gasteiger partial charge in [-0.25, -0.2) is 4.98 Å². The predicted octanol–water partition coefficient (Wildman–Crippen LogP) is 1.61. The summed E-state index contributed by atoms with van der Waals surface area (Å²) in [5.41, 5.74) is 5.13. The maximum absolute atomic E-state index is 14.5. The highest BCUT2D eigenvalue weighted by atomic mass is 19.1. The van der Waals surface area contributed by atoms with Crippen molar-refractivity contribution in [3.05, 3.63) is 47.0 Å². The second kappa shape index (κ2) is 8.38. The highest BCUT2D eigenvalue weighted by Gasteiger charge is 2.28. The molecule has 0 bridgehead atoms. The SMILES string of the molecule is CNC(=O)c1ccc(N2CCN(Cc3cc4c5c(c3)NC(=O)CN5CCC4)CC2)c(F)n1. The Hall–Kier alpha value is -3.20. The fourth-order valence-corrected chi connectivity index (χ4v) is 4.93. The molecule has 0 spiro atoms. The van der Waals surface area contributed by atoms with Crippen molar-refractivity contribution in [2.24, 2.45) is 0 Å². The Morgan fingerprint density at radius 1 is 1.16 bits per heavy atom. The van der Waals surface area contributed by atoms with Gasteiger partial charge in [0.05, 0.1) is 23.6 Å². The number of hydrogen-bond acceptors (Lipinski definition) is 6. The maximum atomic E-state index is 14.5. The molecule has 0 radical (unpaired) electrons. The second-order valence-electron chi connectivity index (χ2n) is 8.57. The topological polar surface area (TPSA) is 80.8 Å². The van der Waals surface area contributed by atoms with Crippen LogP contribution in [0.4, 0.5) is 21.5 Å². The number of amides is 2. The lowest BCUT2D eigenvalue weighted by molar-refractivity contribution is -0.115. The van der Waals surface area contributed by atoms with Gasteiger partial charge in [0.15, 0.2) is 0 Å². The van der Waals surface area contributed by atoms with Gasteiger partial charge in [-0.2, -0.15) is 4.39 Å². The number of hydrogen-bond donors (Lipinski definition) is 2. The van der Waals surface area contributed by atoms with Crippen LogP contribution in [-0.2, 0) is 17.8 Å². The van der Waals surface area contributed by atoms with E-state index in [-0.39, 0.29) is 11.6 Å². The van der Waals surface area contributed by atoms with Gasteiger partial charge in [-0.15, -0.1) is 0 Å². The third kappa shape index (κ3) is 3.88. The minimum Gasteiger partial charge on any atom is -0.365 e. The highest BCUT2D eigenvalue weighted by Crippen LogP contribution is 2.38. The number of nitrogens with one attached hydrogen (secondary N) is 2. The molecule has 1 aromatic carbocycles. The third-order valence-corrected chi connectivity index (χ3v) is 6.46. The van der Waals surface area contributed by atoms with Crippen molar-refractivity contribution in [1.29, 1.82) is 0 Å². The fourth-order valence-electron chi connectivity index (χ4n) is 4.93. The molecule has 2 amide bonds. The molecule has 0 saturated carbocycles. The molecule has 1 aromatic heterocycles. The van der Waals surface area contributed by atoms with Crippen LogP contribution >= 0.6 is 0 Å². The van der Waals surface area contributed by atoms with Crippen molar-refractivity contribution in [2.45, 2.75) is 19.4 Å². The average molecular weight is 439 g/mol. The number of halogens is 1. The van der Waals surface area contributed by atoms with Gasteiger partial charge < -0.3 is 20.4 Å². The van der Waals surface area contributed by atoms with Gasteiger partial charge in [-0.05, 0) is 42.2 Å². The number of aryl methyl sites for hydroxylation is 1. The van der Waals surface area contributed by atoms with E-state index in [1.165, 1.54) is 23.9 Å². The molecule has 0 aliphatic carbocycles. The minimum atomic E-state index is -0.617. The molecule has 4 heterocycles. The molecule has 3 aliphatic heterocycles. The first kappa shape index (κ1) is 20.7. The summed E-state index contributed by atoms with van der Waals surface area (Å²) in [6.07, 6.45) is 2.11. The van der Waals surface area contributed by atoms with E-state index >= 15 is 0 Å². The van der Waals surface area contributed by atoms with E-state index in [1.807, 2.05) is 4.90 Å². The smallest absolute Gasteiger partial charge is 0.269 e. The van der Waals surface area contributed by atoms with Crippen LogP contribution in [0.3, 0.4) is 0 Å². The Labute approximate surface area is 186 Å². The lowest BCUT2D eigenvalue weighted by Gasteiger charge is -2.38. The number of carbonyl (C=O) groups excluding carboxylic acids is 2. The molecule has 0 atom stereocenters. The number of piperazine rings is 1. The van der Waals surface area contributed by atoms with Crippen molar-refractivity contribution >= 4 is 28.9 Å². The van der Waals surface area contributed by atoms with E-state index in [9.17, 15) is 14.0 Å². The van der Waals surface area contributed by atoms with Crippen LogP contribution in [0.15, 0.2) is 24.3 Å². The molecule has 0 unspecified atom stereocenters. The number of nitrogens with zero attached hydrogens (tertiary/aromatic N) is 4. The zero-order chi connectivity index (χ0) is 22.2. The largest absolute Gasteiger partial charge is 0.365 e. The van der Waals surface area contributed by atoms with Crippen molar-refractivity contribution in [1.82, 2.24) is 15.2 Å². The molecule has 168 valence electrons. The zero-order valence-corrected chi connectivity index (χ0v) is 18.2. The molecular weight excluding hydrogens is 411 g/mol. The third-order valence-electron chi connectivity index (χ3n) is 6.46. The summed E-state index contributed by atoms with van der Waals surface area (Å²) < 4.78 is 14.5. The van der Waals surface area contributed by atoms with Gasteiger partial charge in [0.25, 0.3) is 5.91 Å². The zero-order valence-electron chi connectivity index (χ0n) is 18.2. The van der Waals surface area contributed by atoms with Crippen LogP contribution in [0.25, 0.3) is 0 Å². The normalized spacial score (nSPS) is 18.2. The molecule has 3 aliphatic rings. The van der Waals surface area contributed by atoms with Gasteiger partial charge in [-0.1, -0.05) is 6.07 Å². The predicted molar refractivity (Wildman–Crippen MR) is 121 cm³/mol. The Morgan fingerprint density at radius 3 is 2.72 bits per heavy atom. The number of carbonyl (C=O) groups is 2. The van der Waals surface area contributed by atoms with Crippen molar-refractivity contribution in [2.75, 3.05) is 61.4 Å². The maximum Gasteiger partial charge on any atom is 0.269 e. The van der Waals surface area contributed by atoms with Gasteiger partial charge in [-0.3, -0.25) is 14.5 Å². The summed E-state index contributed by atoms with van der Waals surface area (Å²) in [4.78, 5) is 34.1. The summed E-state index contributed by atoms with van der Waals surface area (Å²) in [5.74, 6) is -0.966. The standard InChI is InChI=1S/C23H27FN6O2/c1-25-23(32)17-4-5-19(22(24)27-17)29-9-7-28(8-10-29)13-15-11-16-3-2-6-30-14-20(31)26-18(12-15)21(16)30/h4-5,11-12H,2-3,6-10,13-14H2,1H3,(H,25,32)(H,26,31). The summed E-state index contributed by atoms with van der Waals surface area (Å²) >= 11 is 0. The summed E-state index contributed by atoms with van der Waals surface area (Å²) in [5, 5.41) is 5.50. The van der Waals surface area contributed by atoms with Gasteiger partial charge >= 0.3 is 0 Å². The van der Waals surface area contributed by atoms with Crippen LogP contribution in [0.5, 0.6) is 0 Å². The van der Waals surface area contributed by atoms with Gasteiger partial charge in [0.2, 0.25) is 11.9 Å². The van der Waals surface area contributed by atoms with E-state index < -0.39 is 11.9 Å². The monoisotopic (exact) mass is 438 g/mol.